The summed E-state index contributed by atoms with van der Waals surface area (Å²) in [6.07, 6.45) is 3.14. The van der Waals surface area contributed by atoms with E-state index in [-0.39, 0.29) is 35.0 Å². The van der Waals surface area contributed by atoms with Crippen LogP contribution in [0, 0.1) is 22.7 Å². The molecule has 1 N–H and O–H groups in total. The summed E-state index contributed by atoms with van der Waals surface area (Å²) in [5.74, 6) is 0.246. The second kappa shape index (κ2) is 10.3. The number of hydrogen-bond donors (Lipinski definition) is 1. The molecule has 2 aliphatic rings. The van der Waals surface area contributed by atoms with Crippen LogP contribution in [0.1, 0.15) is 60.3 Å². The van der Waals surface area contributed by atoms with Crippen molar-refractivity contribution in [2.75, 3.05) is 53.4 Å². The van der Waals surface area contributed by atoms with Crippen molar-refractivity contribution in [2.24, 2.45) is 22.7 Å². The molecule has 2 heterocycles. The average Bonchev–Trinajstić information content (AvgIpc) is 2.69. The molecule has 0 aromatic carbocycles. The number of likely N-dealkylation sites (tertiary alicyclic amines) is 2. The summed E-state index contributed by atoms with van der Waals surface area (Å²) in [7, 11) is 4.09. The van der Waals surface area contributed by atoms with Crippen molar-refractivity contribution in [3.8, 4) is 0 Å². The number of carbonyl (C=O) groups is 3. The predicted molar refractivity (Wildman–Crippen MR) is 123 cm³/mol. The number of piperidine rings is 2. The van der Waals surface area contributed by atoms with Crippen molar-refractivity contribution in [3.63, 3.8) is 0 Å². The highest BCUT2D eigenvalue weighted by molar-refractivity contribution is 5.84. The number of amides is 3. The molecule has 2 aliphatic heterocycles. The van der Waals surface area contributed by atoms with E-state index in [2.05, 4.69) is 24.1 Å². The fourth-order valence-corrected chi connectivity index (χ4v) is 4.84. The maximum absolute atomic E-state index is 13.1. The molecule has 0 aliphatic carbocycles. The Kier molecular flexibility index (Phi) is 8.54. The van der Waals surface area contributed by atoms with Crippen LogP contribution < -0.4 is 5.32 Å². The fraction of sp³-hybridized carbons (Fsp3) is 0.875. The molecule has 1 unspecified atom stereocenters. The first-order valence-corrected chi connectivity index (χ1v) is 11.8. The number of carbonyl (C=O) groups excluding carboxylic acids is 3. The van der Waals surface area contributed by atoms with Crippen molar-refractivity contribution < 1.29 is 14.4 Å². The minimum absolute atomic E-state index is 0.0210. The minimum Gasteiger partial charge on any atom is -0.355 e. The van der Waals surface area contributed by atoms with Crippen molar-refractivity contribution >= 4 is 17.7 Å². The standard InChI is InChI=1S/C24H44N4O3/c1-23(2,3)22(31)28-12-8-9-19(15-28)21(30)27-13-10-18(11-14-27)20(29)25-16-24(4,5)17-26(6)7/h18-19H,8-17H2,1-7H3,(H,25,29). The van der Waals surface area contributed by atoms with Crippen LogP contribution in [0.25, 0.3) is 0 Å². The van der Waals surface area contributed by atoms with Crippen LogP contribution in [0.2, 0.25) is 0 Å². The lowest BCUT2D eigenvalue weighted by Crippen LogP contribution is -2.51. The normalized spacial score (nSPS) is 21.4. The van der Waals surface area contributed by atoms with E-state index in [1.54, 1.807) is 0 Å². The average molecular weight is 437 g/mol. The molecule has 0 aromatic rings. The van der Waals surface area contributed by atoms with Gasteiger partial charge in [0.25, 0.3) is 0 Å². The Bertz CT molecular complexity index is 646. The molecule has 7 heteroatoms. The molecule has 0 saturated carbocycles. The molecule has 2 saturated heterocycles. The molecule has 2 rings (SSSR count). The Labute approximate surface area is 188 Å². The lowest BCUT2D eigenvalue weighted by molar-refractivity contribution is -0.146. The topological polar surface area (TPSA) is 73.0 Å². The van der Waals surface area contributed by atoms with Gasteiger partial charge in [0.15, 0.2) is 0 Å². The summed E-state index contributed by atoms with van der Waals surface area (Å²) >= 11 is 0. The molecule has 0 radical (unpaired) electrons. The second-order valence-corrected chi connectivity index (χ2v) is 11.6. The monoisotopic (exact) mass is 436 g/mol. The van der Waals surface area contributed by atoms with Gasteiger partial charge in [-0.1, -0.05) is 34.6 Å². The number of hydrogen-bond acceptors (Lipinski definition) is 4. The zero-order valence-electron chi connectivity index (χ0n) is 20.8. The SMILES string of the molecule is CN(C)CC(C)(C)CNC(=O)C1CCN(C(=O)C2CCCN(C(=O)C(C)(C)C)C2)CC1. The first-order chi connectivity index (χ1) is 14.3. The largest absolute Gasteiger partial charge is 0.355 e. The zero-order chi connectivity index (χ0) is 23.4. The van der Waals surface area contributed by atoms with Gasteiger partial charge in [-0.2, -0.15) is 0 Å². The van der Waals surface area contributed by atoms with E-state index >= 15 is 0 Å². The Balaban J connectivity index is 1.82. The molecular weight excluding hydrogens is 392 g/mol. The van der Waals surface area contributed by atoms with E-state index < -0.39 is 5.41 Å². The van der Waals surface area contributed by atoms with Gasteiger partial charge >= 0.3 is 0 Å². The molecular formula is C24H44N4O3. The summed E-state index contributed by atoms with van der Waals surface area (Å²) in [6, 6.07) is 0. The van der Waals surface area contributed by atoms with Gasteiger partial charge < -0.3 is 20.0 Å². The molecule has 0 spiro atoms. The van der Waals surface area contributed by atoms with Gasteiger partial charge in [0, 0.05) is 50.6 Å². The van der Waals surface area contributed by atoms with Gasteiger partial charge in [-0.15, -0.1) is 0 Å². The van der Waals surface area contributed by atoms with Gasteiger partial charge in [-0.25, -0.2) is 0 Å². The lowest BCUT2D eigenvalue weighted by Gasteiger charge is -2.39. The van der Waals surface area contributed by atoms with E-state index in [0.29, 0.717) is 39.0 Å². The van der Waals surface area contributed by atoms with Crippen molar-refractivity contribution in [3.05, 3.63) is 0 Å². The van der Waals surface area contributed by atoms with E-state index in [0.717, 1.165) is 25.9 Å². The summed E-state index contributed by atoms with van der Waals surface area (Å²) in [5, 5.41) is 3.12. The van der Waals surface area contributed by atoms with E-state index in [1.807, 2.05) is 44.7 Å². The molecule has 31 heavy (non-hydrogen) atoms. The van der Waals surface area contributed by atoms with Crippen LogP contribution in [-0.2, 0) is 14.4 Å². The summed E-state index contributed by atoms with van der Waals surface area (Å²) in [5.41, 5.74) is -0.398. The third-order valence-electron chi connectivity index (χ3n) is 6.36. The van der Waals surface area contributed by atoms with Gasteiger partial charge in [-0.3, -0.25) is 14.4 Å². The Morgan fingerprint density at radius 1 is 0.903 bits per heavy atom. The van der Waals surface area contributed by atoms with Gasteiger partial charge in [0.05, 0.1) is 5.92 Å². The quantitative estimate of drug-likeness (QED) is 0.693. The first kappa shape index (κ1) is 25.6. The van der Waals surface area contributed by atoms with Gasteiger partial charge in [-0.05, 0) is 45.2 Å². The predicted octanol–water partition coefficient (Wildman–Crippen LogP) is 2.21. The third-order valence-corrected chi connectivity index (χ3v) is 6.36. The van der Waals surface area contributed by atoms with E-state index in [9.17, 15) is 14.4 Å². The van der Waals surface area contributed by atoms with Crippen molar-refractivity contribution in [1.29, 1.82) is 0 Å². The fourth-order valence-electron chi connectivity index (χ4n) is 4.84. The van der Waals surface area contributed by atoms with Crippen LogP contribution in [0.15, 0.2) is 0 Å². The first-order valence-electron chi connectivity index (χ1n) is 11.8. The lowest BCUT2D eigenvalue weighted by atomic mass is 9.89. The Hall–Kier alpha value is -1.63. The van der Waals surface area contributed by atoms with Crippen LogP contribution >= 0.6 is 0 Å². The molecule has 3 amide bonds. The minimum atomic E-state index is -0.419. The maximum Gasteiger partial charge on any atom is 0.227 e. The van der Waals surface area contributed by atoms with Crippen LogP contribution in [0.5, 0.6) is 0 Å². The van der Waals surface area contributed by atoms with E-state index in [1.165, 1.54) is 0 Å². The van der Waals surface area contributed by atoms with E-state index in [4.69, 9.17) is 0 Å². The molecule has 2 fully saturated rings. The van der Waals surface area contributed by atoms with Crippen LogP contribution in [0.4, 0.5) is 0 Å². The van der Waals surface area contributed by atoms with Crippen molar-refractivity contribution in [2.45, 2.75) is 60.3 Å². The molecule has 0 aromatic heterocycles. The smallest absolute Gasteiger partial charge is 0.227 e. The summed E-state index contributed by atoms with van der Waals surface area (Å²) in [6.45, 7) is 14.2. The molecule has 0 bridgehead atoms. The van der Waals surface area contributed by atoms with Crippen LogP contribution in [-0.4, -0.2) is 85.8 Å². The van der Waals surface area contributed by atoms with Crippen molar-refractivity contribution in [1.82, 2.24) is 20.0 Å². The molecule has 1 atom stereocenters. The maximum atomic E-state index is 13.1. The van der Waals surface area contributed by atoms with Crippen LogP contribution in [0.3, 0.4) is 0 Å². The Morgan fingerprint density at radius 3 is 2.06 bits per heavy atom. The number of rotatable bonds is 6. The second-order valence-electron chi connectivity index (χ2n) is 11.6. The number of nitrogens with zero attached hydrogens (tertiary/aromatic N) is 3. The Morgan fingerprint density at radius 2 is 1.52 bits per heavy atom. The summed E-state index contributed by atoms with van der Waals surface area (Å²) in [4.78, 5) is 44.3. The highest BCUT2D eigenvalue weighted by Crippen LogP contribution is 2.26. The summed E-state index contributed by atoms with van der Waals surface area (Å²) < 4.78 is 0. The van der Waals surface area contributed by atoms with Gasteiger partial charge in [0.2, 0.25) is 17.7 Å². The van der Waals surface area contributed by atoms with Gasteiger partial charge in [0.1, 0.15) is 0 Å². The molecule has 178 valence electrons. The molecule has 7 nitrogen and oxygen atoms in total. The highest BCUT2D eigenvalue weighted by Gasteiger charge is 2.36. The third kappa shape index (κ3) is 7.48. The zero-order valence-corrected chi connectivity index (χ0v) is 20.8. The highest BCUT2D eigenvalue weighted by atomic mass is 16.2. The number of nitrogens with one attached hydrogen (secondary N) is 1.